The van der Waals surface area contributed by atoms with Gasteiger partial charge < -0.3 is 9.80 Å². The minimum Gasteiger partial charge on any atom is -0.341 e. The van der Waals surface area contributed by atoms with Gasteiger partial charge in [-0.3, -0.25) is 0 Å². The lowest BCUT2D eigenvalue weighted by molar-refractivity contribution is -2.00. The zero-order valence-electron chi connectivity index (χ0n) is 30.5. The Morgan fingerprint density at radius 2 is 0.673 bits per heavy atom. The lowest BCUT2D eigenvalue weighted by Crippen LogP contribution is -2.68. The molecule has 0 N–H and O–H groups in total. The third-order valence-corrected chi connectivity index (χ3v) is 8.36. The molecule has 0 spiro atoms. The molecule has 1 aliphatic heterocycles. The molecule has 0 fully saturated rings. The molecule has 0 radical (unpaired) electrons. The Hall–Kier alpha value is -3.40. The molecule has 52 heavy (non-hydrogen) atoms. The summed E-state index contributed by atoms with van der Waals surface area (Å²) in [4.78, 5) is 4.48. The molecule has 1 aliphatic rings. The molecule has 0 saturated heterocycles. The van der Waals surface area contributed by atoms with Crippen molar-refractivity contribution in [3.8, 4) is 11.1 Å². The highest BCUT2D eigenvalue weighted by Gasteiger charge is 2.22. The summed E-state index contributed by atoms with van der Waals surface area (Å²) in [6.07, 6.45) is 22.3. The highest BCUT2D eigenvalue weighted by Crippen LogP contribution is 2.45. The normalized spacial score (nSPS) is 11.9. The van der Waals surface area contributed by atoms with E-state index in [1.165, 1.54) is 98.1 Å². The molecule has 4 aromatic rings. The predicted octanol–water partition coefficient (Wildman–Crippen LogP) is -0.107. The van der Waals surface area contributed by atoms with Gasteiger partial charge in [0, 0.05) is 51.2 Å². The number of aryl methyl sites for hydroxylation is 2. The van der Waals surface area contributed by atoms with Crippen molar-refractivity contribution in [1.29, 1.82) is 0 Å². The second-order valence-electron chi connectivity index (χ2n) is 12.3. The summed E-state index contributed by atoms with van der Waals surface area (Å²) in [5.41, 5.74) is 7.63. The lowest BCUT2D eigenvalue weighted by Gasteiger charge is -2.36. The zero-order chi connectivity index (χ0) is 38.6. The van der Waals surface area contributed by atoms with Gasteiger partial charge in [-0.1, -0.05) is 76.6 Å². The van der Waals surface area contributed by atoms with Crippen molar-refractivity contribution in [3.05, 3.63) is 97.6 Å². The van der Waals surface area contributed by atoms with Crippen LogP contribution in [0, 0.1) is 20.5 Å². The smallest absolute Gasteiger partial charge is 0.169 e. The fourth-order valence-electron chi connectivity index (χ4n) is 5.72. The first-order valence-electron chi connectivity index (χ1n) is 17.5. The predicted molar refractivity (Wildman–Crippen MR) is 179 cm³/mol. The molecule has 5 rings (SSSR count). The van der Waals surface area contributed by atoms with Crippen molar-refractivity contribution >= 4 is 22.7 Å². The second kappa shape index (κ2) is 23.3. The summed E-state index contributed by atoms with van der Waals surface area (Å²) in [5.74, 6) is 0. The van der Waals surface area contributed by atoms with E-state index in [-0.39, 0.29) is 0 Å². The minimum atomic E-state index is -4.94. The van der Waals surface area contributed by atoms with Gasteiger partial charge in [0.15, 0.2) is 24.8 Å². The van der Waals surface area contributed by atoms with Gasteiger partial charge in [-0.2, -0.15) is 0 Å². The van der Waals surface area contributed by atoms with E-state index in [0.717, 1.165) is 13.1 Å². The Balaban J connectivity index is 0.000000302. The molecular formula is C38H52Cl2N4O8. The van der Waals surface area contributed by atoms with Crippen LogP contribution in [0.2, 0.25) is 0 Å². The number of hydrogen-bond acceptors (Lipinski definition) is 10. The molecule has 2 aromatic heterocycles. The van der Waals surface area contributed by atoms with Gasteiger partial charge in [0.1, 0.15) is 13.1 Å². The van der Waals surface area contributed by atoms with Gasteiger partial charge in [0.05, 0.1) is 22.7 Å². The first-order valence-corrected chi connectivity index (χ1v) is 20.0. The maximum absolute atomic E-state index is 8.49. The standard InChI is InChI=1S/C24H38N2.C14H14N2.2ClHO4/c1-3-5-7-9-11-17-25-19-13-23(14-20-25)24-15-21-26(22-16-24)18-12-10-8-6-4-2;1-15-11-7-3-5-9-13(11)16(2)14-10-6-4-8-12(14)15;2*2-1(3,4)5/h13-16,19-22H,3-12,17-18H2,1-2H3;3-10H,1-2H3;2*(H,2,3,4,5)/q+2;;;/p-2. The molecule has 0 bridgehead atoms. The molecule has 14 heteroatoms. The van der Waals surface area contributed by atoms with Crippen LogP contribution in [-0.4, -0.2) is 14.1 Å². The molecule has 2 aromatic carbocycles. The van der Waals surface area contributed by atoms with Crippen molar-refractivity contribution < 1.29 is 66.9 Å². The fraction of sp³-hybridized carbons (Fsp3) is 0.421. The van der Waals surface area contributed by atoms with Gasteiger partial charge >= 0.3 is 0 Å². The quantitative estimate of drug-likeness (QED) is 0.131. The van der Waals surface area contributed by atoms with E-state index in [9.17, 15) is 0 Å². The number of nitrogens with zero attached hydrogens (tertiary/aromatic N) is 4. The molecule has 0 amide bonds. The van der Waals surface area contributed by atoms with Crippen LogP contribution < -0.4 is 56.2 Å². The number of hydrogen-bond donors (Lipinski definition) is 0. The first kappa shape index (κ1) is 44.8. The Bertz CT molecular complexity index is 1380. The molecule has 0 unspecified atom stereocenters. The summed E-state index contributed by atoms with van der Waals surface area (Å²) in [6, 6.07) is 25.9. The number of unbranched alkanes of at least 4 members (excludes halogenated alkanes) is 8. The number of para-hydroxylation sites is 4. The average molecular weight is 764 g/mol. The van der Waals surface area contributed by atoms with E-state index in [0.29, 0.717) is 0 Å². The molecule has 0 saturated carbocycles. The molecule has 0 atom stereocenters. The average Bonchev–Trinajstić information content (AvgIpc) is 3.10. The van der Waals surface area contributed by atoms with Crippen LogP contribution in [0.25, 0.3) is 11.1 Å². The maximum Gasteiger partial charge on any atom is 0.169 e. The van der Waals surface area contributed by atoms with Crippen molar-refractivity contribution in [3.63, 3.8) is 0 Å². The fourth-order valence-corrected chi connectivity index (χ4v) is 5.72. The zero-order valence-corrected chi connectivity index (χ0v) is 32.0. The van der Waals surface area contributed by atoms with Gasteiger partial charge in [0.2, 0.25) is 0 Å². The summed E-state index contributed by atoms with van der Waals surface area (Å²) in [6.45, 7) is 6.81. The highest BCUT2D eigenvalue weighted by atomic mass is 35.7. The van der Waals surface area contributed by atoms with Crippen LogP contribution in [-0.2, 0) is 13.1 Å². The molecular weight excluding hydrogens is 711 g/mol. The van der Waals surface area contributed by atoms with E-state index in [4.69, 9.17) is 37.3 Å². The van der Waals surface area contributed by atoms with E-state index < -0.39 is 20.5 Å². The highest BCUT2D eigenvalue weighted by molar-refractivity contribution is 5.92. The largest absolute Gasteiger partial charge is 0.341 e. The van der Waals surface area contributed by atoms with Gasteiger partial charge in [-0.25, -0.2) is 46.4 Å². The number of rotatable bonds is 13. The first-order chi connectivity index (χ1) is 24.6. The Labute approximate surface area is 312 Å². The lowest BCUT2D eigenvalue weighted by atomic mass is 10.1. The maximum atomic E-state index is 8.49. The third-order valence-electron chi connectivity index (χ3n) is 8.36. The summed E-state index contributed by atoms with van der Waals surface area (Å²) >= 11 is 0. The van der Waals surface area contributed by atoms with E-state index >= 15 is 0 Å². The molecule has 12 nitrogen and oxygen atoms in total. The molecule has 0 aliphatic carbocycles. The summed E-state index contributed by atoms with van der Waals surface area (Å²) in [7, 11) is -5.66. The van der Waals surface area contributed by atoms with Crippen LogP contribution in [0.3, 0.4) is 0 Å². The van der Waals surface area contributed by atoms with Crippen LogP contribution in [0.4, 0.5) is 22.7 Å². The SMILES string of the molecule is CCCCCCC[n+]1ccc(-c2cc[n+](CCCCCCC)cc2)cc1.CN1c2ccccc2N(C)c2ccccc21.[O-][Cl+3]([O-])([O-])[O-].[O-][Cl+3]([O-])([O-])[O-]. The number of benzene rings is 2. The van der Waals surface area contributed by atoms with Gasteiger partial charge in [-0.05, 0) is 48.2 Å². The van der Waals surface area contributed by atoms with Gasteiger partial charge in [-0.15, -0.1) is 20.5 Å². The topological polar surface area (TPSA) is 199 Å². The Morgan fingerprint density at radius 1 is 0.423 bits per heavy atom. The van der Waals surface area contributed by atoms with Crippen molar-refractivity contribution in [1.82, 2.24) is 0 Å². The summed E-state index contributed by atoms with van der Waals surface area (Å²) < 4.78 is 72.6. The second-order valence-corrected chi connectivity index (χ2v) is 13.8. The molecule has 286 valence electrons. The van der Waals surface area contributed by atoms with Gasteiger partial charge in [0.25, 0.3) is 0 Å². The van der Waals surface area contributed by atoms with Crippen LogP contribution in [0.15, 0.2) is 97.6 Å². The number of fused-ring (bicyclic) bond motifs is 2. The van der Waals surface area contributed by atoms with E-state index in [2.05, 4.69) is 144 Å². The van der Waals surface area contributed by atoms with Crippen LogP contribution in [0.1, 0.15) is 78.1 Å². The number of aromatic nitrogens is 2. The van der Waals surface area contributed by atoms with E-state index in [1.807, 2.05) is 0 Å². The van der Waals surface area contributed by atoms with E-state index in [1.54, 1.807) is 0 Å². The third kappa shape index (κ3) is 18.4. The Morgan fingerprint density at radius 3 is 0.923 bits per heavy atom. The minimum absolute atomic E-state index is 1.14. The number of halogens is 2. The Kier molecular flexibility index (Phi) is 20.1. The van der Waals surface area contributed by atoms with Crippen LogP contribution in [0.5, 0.6) is 0 Å². The number of pyridine rings is 2. The monoisotopic (exact) mass is 762 g/mol. The van der Waals surface area contributed by atoms with Crippen molar-refractivity contribution in [2.24, 2.45) is 0 Å². The number of anilines is 4. The van der Waals surface area contributed by atoms with Crippen molar-refractivity contribution in [2.75, 3.05) is 23.9 Å². The summed E-state index contributed by atoms with van der Waals surface area (Å²) in [5, 5.41) is 0. The van der Waals surface area contributed by atoms with Crippen molar-refractivity contribution in [2.45, 2.75) is 91.1 Å². The van der Waals surface area contributed by atoms with Crippen LogP contribution >= 0.6 is 0 Å². The molecule has 3 heterocycles.